The maximum absolute atomic E-state index is 12.8. The first-order valence-corrected chi connectivity index (χ1v) is 7.32. The number of ketones is 1. The van der Waals surface area contributed by atoms with Crippen molar-refractivity contribution in [2.45, 2.75) is 58.3 Å². The van der Waals surface area contributed by atoms with Crippen molar-refractivity contribution < 1.29 is 14.3 Å². The summed E-state index contributed by atoms with van der Waals surface area (Å²) < 4.78 is 11.5. The number of carbonyl (C=O) groups excluding carboxylic acids is 1. The van der Waals surface area contributed by atoms with Crippen LogP contribution in [0.5, 0.6) is 0 Å². The first-order valence-electron chi connectivity index (χ1n) is 7.32. The molecule has 4 heteroatoms. The van der Waals surface area contributed by atoms with E-state index < -0.39 is 0 Å². The van der Waals surface area contributed by atoms with Gasteiger partial charge in [-0.15, -0.1) is 0 Å². The Morgan fingerprint density at radius 3 is 2.47 bits per heavy atom. The summed E-state index contributed by atoms with van der Waals surface area (Å²) in [7, 11) is 0. The van der Waals surface area contributed by atoms with Crippen LogP contribution in [-0.4, -0.2) is 42.8 Å². The summed E-state index contributed by atoms with van der Waals surface area (Å²) in [4.78, 5) is 12.8. The van der Waals surface area contributed by atoms with Crippen molar-refractivity contribution in [3.05, 3.63) is 0 Å². The van der Waals surface area contributed by atoms with Crippen molar-refractivity contribution in [3.63, 3.8) is 0 Å². The molecule has 19 heavy (non-hydrogen) atoms. The van der Waals surface area contributed by atoms with Gasteiger partial charge in [-0.05, 0) is 40.7 Å². The smallest absolute Gasteiger partial charge is 0.145 e. The van der Waals surface area contributed by atoms with Gasteiger partial charge in [0.25, 0.3) is 0 Å². The van der Waals surface area contributed by atoms with Crippen LogP contribution in [0.1, 0.15) is 41.0 Å². The molecule has 3 atom stereocenters. The van der Waals surface area contributed by atoms with E-state index in [0.717, 1.165) is 13.0 Å². The van der Waals surface area contributed by atoms with Gasteiger partial charge >= 0.3 is 0 Å². The van der Waals surface area contributed by atoms with Crippen LogP contribution >= 0.6 is 0 Å². The molecule has 0 amide bonds. The zero-order chi connectivity index (χ0) is 14.3. The van der Waals surface area contributed by atoms with E-state index in [1.54, 1.807) is 0 Å². The Morgan fingerprint density at radius 1 is 1.26 bits per heavy atom. The van der Waals surface area contributed by atoms with E-state index in [9.17, 15) is 4.79 Å². The van der Waals surface area contributed by atoms with Crippen LogP contribution < -0.4 is 5.32 Å². The molecule has 0 saturated carbocycles. The molecule has 2 aliphatic rings. The highest BCUT2D eigenvalue weighted by molar-refractivity contribution is 5.86. The van der Waals surface area contributed by atoms with Crippen LogP contribution in [0.3, 0.4) is 0 Å². The van der Waals surface area contributed by atoms with Gasteiger partial charge in [0.1, 0.15) is 5.78 Å². The van der Waals surface area contributed by atoms with E-state index in [0.29, 0.717) is 19.0 Å². The number of hydrogen-bond donors (Lipinski definition) is 1. The highest BCUT2D eigenvalue weighted by atomic mass is 16.5. The molecule has 4 nitrogen and oxygen atoms in total. The van der Waals surface area contributed by atoms with Crippen LogP contribution in [0.2, 0.25) is 0 Å². The van der Waals surface area contributed by atoms with Crippen LogP contribution in [0.4, 0.5) is 0 Å². The molecule has 0 aromatic carbocycles. The summed E-state index contributed by atoms with van der Waals surface area (Å²) >= 11 is 0. The molecular weight excluding hydrogens is 242 g/mol. The fraction of sp³-hybridized carbons (Fsp3) is 0.933. The number of hydrogen-bond acceptors (Lipinski definition) is 4. The third-order valence-corrected chi connectivity index (χ3v) is 4.33. The lowest BCUT2D eigenvalue weighted by Crippen LogP contribution is -2.44. The number of carbonyl (C=O) groups is 1. The van der Waals surface area contributed by atoms with Crippen LogP contribution in [0.25, 0.3) is 0 Å². The number of Topliss-reactive ketones (excluding diaryl/α,β-unsaturated/α-hetero) is 1. The predicted octanol–water partition coefficient (Wildman–Crippen LogP) is 1.77. The van der Waals surface area contributed by atoms with E-state index in [4.69, 9.17) is 9.47 Å². The lowest BCUT2D eigenvalue weighted by molar-refractivity contribution is -0.133. The quantitative estimate of drug-likeness (QED) is 0.845. The molecular formula is C15H27NO3. The zero-order valence-electron chi connectivity index (χ0n) is 12.8. The van der Waals surface area contributed by atoms with Crippen LogP contribution in [0, 0.1) is 11.8 Å². The molecule has 1 N–H and O–H groups in total. The molecule has 0 radical (unpaired) electrons. The maximum atomic E-state index is 12.8. The van der Waals surface area contributed by atoms with Crippen molar-refractivity contribution in [1.29, 1.82) is 0 Å². The van der Waals surface area contributed by atoms with Crippen molar-refractivity contribution in [2.24, 2.45) is 11.8 Å². The third-order valence-electron chi connectivity index (χ3n) is 4.33. The first kappa shape index (κ1) is 14.9. The molecule has 0 bridgehead atoms. The molecule has 2 aliphatic heterocycles. The second-order valence-electron chi connectivity index (χ2n) is 6.93. The standard InChI is InChI=1S/C15H27NO3/c1-6-16-12-9-18-8-10(12)13(17)11-7-14(2,3)19-15(11,4)5/h10-12,16H,6-9H2,1-5H3. The summed E-state index contributed by atoms with van der Waals surface area (Å²) in [5.74, 6) is 0.246. The number of ether oxygens (including phenoxy) is 2. The molecule has 2 saturated heterocycles. The van der Waals surface area contributed by atoms with Gasteiger partial charge in [-0.3, -0.25) is 4.79 Å². The molecule has 2 heterocycles. The van der Waals surface area contributed by atoms with Crippen LogP contribution in [0.15, 0.2) is 0 Å². The molecule has 0 aromatic rings. The van der Waals surface area contributed by atoms with Gasteiger partial charge in [0, 0.05) is 12.0 Å². The minimum absolute atomic E-state index is 0.0262. The summed E-state index contributed by atoms with van der Waals surface area (Å²) in [6.45, 7) is 12.3. The summed E-state index contributed by atoms with van der Waals surface area (Å²) in [6.07, 6.45) is 0.800. The molecule has 0 aromatic heterocycles. The zero-order valence-corrected chi connectivity index (χ0v) is 12.8. The highest BCUT2D eigenvalue weighted by Gasteiger charge is 2.51. The van der Waals surface area contributed by atoms with Crippen molar-refractivity contribution in [2.75, 3.05) is 19.8 Å². The van der Waals surface area contributed by atoms with Gasteiger partial charge in [0.15, 0.2) is 0 Å². The fourth-order valence-corrected chi connectivity index (χ4v) is 3.56. The van der Waals surface area contributed by atoms with E-state index >= 15 is 0 Å². The SMILES string of the molecule is CCNC1COCC1C(=O)C1CC(C)(C)OC1(C)C. The van der Waals surface area contributed by atoms with Gasteiger partial charge < -0.3 is 14.8 Å². The minimum Gasteiger partial charge on any atom is -0.379 e. The lowest BCUT2D eigenvalue weighted by Gasteiger charge is -2.29. The Balaban J connectivity index is 2.11. The third kappa shape index (κ3) is 3.01. The number of nitrogens with one attached hydrogen (secondary N) is 1. The molecule has 2 fully saturated rings. The van der Waals surface area contributed by atoms with Gasteiger partial charge in [0.2, 0.25) is 0 Å². The predicted molar refractivity (Wildman–Crippen MR) is 74.1 cm³/mol. The average molecular weight is 269 g/mol. The van der Waals surface area contributed by atoms with E-state index in [1.165, 1.54) is 0 Å². The monoisotopic (exact) mass is 269 g/mol. The summed E-state index contributed by atoms with van der Waals surface area (Å²) in [5, 5.41) is 3.36. The minimum atomic E-state index is -0.375. The van der Waals surface area contributed by atoms with Gasteiger partial charge in [-0.2, -0.15) is 0 Å². The van der Waals surface area contributed by atoms with Gasteiger partial charge in [-0.25, -0.2) is 0 Å². The summed E-state index contributed by atoms with van der Waals surface area (Å²) in [6, 6.07) is 0.164. The fourth-order valence-electron chi connectivity index (χ4n) is 3.56. The first-order chi connectivity index (χ1) is 8.77. The molecule has 2 rings (SSSR count). The molecule has 3 unspecified atom stereocenters. The molecule has 110 valence electrons. The molecule has 0 spiro atoms. The van der Waals surface area contributed by atoms with Crippen LogP contribution in [-0.2, 0) is 14.3 Å². The second kappa shape index (κ2) is 5.15. The van der Waals surface area contributed by atoms with E-state index in [1.807, 2.05) is 13.8 Å². The average Bonchev–Trinajstić information content (AvgIpc) is 2.80. The maximum Gasteiger partial charge on any atom is 0.145 e. The Kier molecular flexibility index (Phi) is 4.05. The number of rotatable bonds is 4. The molecule has 0 aliphatic carbocycles. The Bertz CT molecular complexity index is 351. The van der Waals surface area contributed by atoms with Gasteiger partial charge in [-0.1, -0.05) is 6.92 Å². The Morgan fingerprint density at radius 2 is 1.95 bits per heavy atom. The van der Waals surface area contributed by atoms with Crippen molar-refractivity contribution in [3.8, 4) is 0 Å². The summed E-state index contributed by atoms with van der Waals surface area (Å²) in [5.41, 5.74) is -0.586. The Hall–Kier alpha value is -0.450. The highest BCUT2D eigenvalue weighted by Crippen LogP contribution is 2.44. The van der Waals surface area contributed by atoms with Gasteiger partial charge in [0.05, 0.1) is 30.3 Å². The topological polar surface area (TPSA) is 47.6 Å². The Labute approximate surface area is 116 Å². The van der Waals surface area contributed by atoms with E-state index in [-0.39, 0.29) is 29.1 Å². The normalized spacial score (nSPS) is 36.6. The van der Waals surface area contributed by atoms with Crippen molar-refractivity contribution in [1.82, 2.24) is 5.32 Å². The largest absolute Gasteiger partial charge is 0.379 e. The lowest BCUT2D eigenvalue weighted by atomic mass is 9.78. The number of likely N-dealkylation sites (N-methyl/N-ethyl adjacent to an activating group) is 1. The second-order valence-corrected chi connectivity index (χ2v) is 6.93. The van der Waals surface area contributed by atoms with Crippen molar-refractivity contribution >= 4 is 5.78 Å². The van der Waals surface area contributed by atoms with E-state index in [2.05, 4.69) is 26.1 Å².